The molecule has 0 radical (unpaired) electrons. The number of amides is 1. The summed E-state index contributed by atoms with van der Waals surface area (Å²) in [4.78, 5) is 14.2. The highest BCUT2D eigenvalue weighted by Gasteiger charge is 2.12. The van der Waals surface area contributed by atoms with Crippen LogP contribution in [-0.4, -0.2) is 24.6 Å². The quantitative estimate of drug-likeness (QED) is 0.900. The average Bonchev–Trinajstić information content (AvgIpc) is 2.70. The first-order valence-electron chi connectivity index (χ1n) is 6.39. The van der Waals surface area contributed by atoms with E-state index in [0.29, 0.717) is 11.4 Å². The molecule has 0 aliphatic heterocycles. The lowest BCUT2D eigenvalue weighted by molar-refractivity contribution is 0.101. The Balaban J connectivity index is 2.24. The number of nitrogens with one attached hydrogen (secondary N) is 1. The van der Waals surface area contributed by atoms with Crippen LogP contribution in [0.4, 0.5) is 17.1 Å². The summed E-state index contributed by atoms with van der Waals surface area (Å²) < 4.78 is 1.71. The van der Waals surface area contributed by atoms with Crippen molar-refractivity contribution in [2.45, 2.75) is 6.92 Å². The van der Waals surface area contributed by atoms with Crippen LogP contribution in [0.3, 0.4) is 0 Å². The zero-order valence-corrected chi connectivity index (χ0v) is 12.3. The molecule has 3 N–H and O–H groups in total. The summed E-state index contributed by atoms with van der Waals surface area (Å²) in [5.74, 6) is -0.169. The average molecular weight is 272 g/mol. The molecule has 0 fully saturated rings. The van der Waals surface area contributed by atoms with Gasteiger partial charge in [-0.1, -0.05) is 6.07 Å². The minimum Gasteiger partial charge on any atom is -0.397 e. The fourth-order valence-electron chi connectivity index (χ4n) is 2.18. The molecule has 0 saturated heterocycles. The molecule has 2 aromatic rings. The highest BCUT2D eigenvalue weighted by Crippen LogP contribution is 2.23. The van der Waals surface area contributed by atoms with Crippen molar-refractivity contribution in [2.24, 2.45) is 7.05 Å². The van der Waals surface area contributed by atoms with E-state index in [2.05, 4.69) is 5.32 Å². The minimum absolute atomic E-state index is 0.169. The lowest BCUT2D eigenvalue weighted by atomic mass is 10.1. The first-order chi connectivity index (χ1) is 9.38. The molecule has 0 aliphatic carbocycles. The molecule has 0 spiro atoms. The van der Waals surface area contributed by atoms with Gasteiger partial charge in [0, 0.05) is 38.7 Å². The van der Waals surface area contributed by atoms with Crippen molar-refractivity contribution in [3.63, 3.8) is 0 Å². The van der Waals surface area contributed by atoms with Crippen molar-refractivity contribution in [1.29, 1.82) is 0 Å². The van der Waals surface area contributed by atoms with Crippen molar-refractivity contribution in [3.8, 4) is 0 Å². The van der Waals surface area contributed by atoms with Gasteiger partial charge >= 0.3 is 0 Å². The molecule has 1 amide bonds. The van der Waals surface area contributed by atoms with E-state index in [4.69, 9.17) is 5.73 Å². The number of nitrogens with two attached hydrogens (primary N) is 1. The second-order valence-electron chi connectivity index (χ2n) is 5.12. The Hall–Kier alpha value is -2.43. The van der Waals surface area contributed by atoms with E-state index in [-0.39, 0.29) is 5.91 Å². The topological polar surface area (TPSA) is 63.3 Å². The van der Waals surface area contributed by atoms with Crippen molar-refractivity contribution in [1.82, 2.24) is 4.57 Å². The van der Waals surface area contributed by atoms with Gasteiger partial charge in [-0.05, 0) is 30.7 Å². The number of anilines is 3. The summed E-state index contributed by atoms with van der Waals surface area (Å²) in [7, 11) is 5.75. The van der Waals surface area contributed by atoms with E-state index >= 15 is 0 Å². The van der Waals surface area contributed by atoms with Crippen LogP contribution in [0, 0.1) is 6.92 Å². The summed E-state index contributed by atoms with van der Waals surface area (Å²) in [5, 5.41) is 2.89. The highest BCUT2D eigenvalue weighted by molar-refractivity contribution is 6.04. The summed E-state index contributed by atoms with van der Waals surface area (Å²) >= 11 is 0. The molecule has 1 aromatic heterocycles. The van der Waals surface area contributed by atoms with Gasteiger partial charge in [-0.15, -0.1) is 0 Å². The maximum Gasteiger partial charge on any atom is 0.272 e. The van der Waals surface area contributed by atoms with E-state index in [1.54, 1.807) is 23.9 Å². The summed E-state index contributed by atoms with van der Waals surface area (Å²) in [6.07, 6.45) is 1.72. The van der Waals surface area contributed by atoms with Gasteiger partial charge in [0.15, 0.2) is 0 Å². The minimum atomic E-state index is -0.169. The van der Waals surface area contributed by atoms with Crippen LogP contribution in [0.1, 0.15) is 16.1 Å². The summed E-state index contributed by atoms with van der Waals surface area (Å²) in [6.45, 7) is 2.04. The Morgan fingerprint density at radius 1 is 1.30 bits per heavy atom. The molecule has 0 bridgehead atoms. The summed E-state index contributed by atoms with van der Waals surface area (Å²) in [5.41, 5.74) is 9.81. The van der Waals surface area contributed by atoms with Crippen molar-refractivity contribution < 1.29 is 4.79 Å². The Morgan fingerprint density at radius 3 is 2.55 bits per heavy atom. The van der Waals surface area contributed by atoms with Crippen molar-refractivity contribution in [3.05, 3.63) is 41.7 Å². The second kappa shape index (κ2) is 5.28. The SMILES string of the molecule is Cc1ccc(NC(=O)c2cc(N)cn2C)cc1N(C)C. The number of hydrogen-bond donors (Lipinski definition) is 2. The maximum atomic E-state index is 12.2. The molecular weight excluding hydrogens is 252 g/mol. The second-order valence-corrected chi connectivity index (χ2v) is 5.12. The predicted molar refractivity (Wildman–Crippen MR) is 83.3 cm³/mol. The molecule has 5 nitrogen and oxygen atoms in total. The third-order valence-corrected chi connectivity index (χ3v) is 3.21. The van der Waals surface area contributed by atoms with Gasteiger partial charge in [-0.2, -0.15) is 0 Å². The summed E-state index contributed by atoms with van der Waals surface area (Å²) in [6, 6.07) is 7.51. The predicted octanol–water partition coefficient (Wildman–Crippen LogP) is 2.23. The smallest absolute Gasteiger partial charge is 0.272 e. The van der Waals surface area contributed by atoms with Gasteiger partial charge in [0.1, 0.15) is 5.69 Å². The Kier molecular flexibility index (Phi) is 3.70. The molecule has 0 saturated carbocycles. The van der Waals surface area contributed by atoms with Crippen molar-refractivity contribution in [2.75, 3.05) is 30.0 Å². The number of aromatic nitrogens is 1. The number of hydrogen-bond acceptors (Lipinski definition) is 3. The number of rotatable bonds is 3. The van der Waals surface area contributed by atoms with Gasteiger partial charge in [0.05, 0.1) is 5.69 Å². The third-order valence-electron chi connectivity index (χ3n) is 3.21. The van der Waals surface area contributed by atoms with Crippen LogP contribution < -0.4 is 16.0 Å². The number of nitrogen functional groups attached to an aromatic ring is 1. The molecule has 5 heteroatoms. The molecule has 0 aliphatic rings. The lowest BCUT2D eigenvalue weighted by Crippen LogP contribution is -2.16. The molecular formula is C15H20N4O. The largest absolute Gasteiger partial charge is 0.397 e. The van der Waals surface area contributed by atoms with Crippen LogP contribution in [0.25, 0.3) is 0 Å². The standard InChI is InChI=1S/C15H20N4O/c1-10-5-6-12(8-13(10)18(2)3)17-15(20)14-7-11(16)9-19(14)4/h5-9H,16H2,1-4H3,(H,17,20). The van der Waals surface area contributed by atoms with Gasteiger partial charge in [0.25, 0.3) is 5.91 Å². The highest BCUT2D eigenvalue weighted by atomic mass is 16.1. The lowest BCUT2D eigenvalue weighted by Gasteiger charge is -2.17. The first kappa shape index (κ1) is 14.0. The van der Waals surface area contributed by atoms with Crippen LogP contribution in [0.5, 0.6) is 0 Å². The number of carbonyl (C=O) groups is 1. The van der Waals surface area contributed by atoms with E-state index in [9.17, 15) is 4.79 Å². The Labute approximate surface area is 119 Å². The third kappa shape index (κ3) is 2.77. The van der Waals surface area contributed by atoms with E-state index in [1.165, 1.54) is 0 Å². The molecule has 0 unspecified atom stereocenters. The van der Waals surface area contributed by atoms with Gasteiger partial charge in [-0.3, -0.25) is 4.79 Å². The monoisotopic (exact) mass is 272 g/mol. The van der Waals surface area contributed by atoms with E-state index < -0.39 is 0 Å². The Morgan fingerprint density at radius 2 is 2.00 bits per heavy atom. The Bertz CT molecular complexity index is 643. The van der Waals surface area contributed by atoms with Crippen LogP contribution >= 0.6 is 0 Å². The van der Waals surface area contributed by atoms with Gasteiger partial charge in [0.2, 0.25) is 0 Å². The molecule has 2 rings (SSSR count). The van der Waals surface area contributed by atoms with Crippen molar-refractivity contribution >= 4 is 23.0 Å². The molecule has 0 atom stereocenters. The number of benzene rings is 1. The fourth-order valence-corrected chi connectivity index (χ4v) is 2.18. The van der Waals surface area contributed by atoms with E-state index in [1.807, 2.05) is 44.1 Å². The van der Waals surface area contributed by atoms with Crippen LogP contribution in [-0.2, 0) is 7.05 Å². The number of aryl methyl sites for hydroxylation is 2. The van der Waals surface area contributed by atoms with E-state index in [0.717, 1.165) is 16.9 Å². The number of carbonyl (C=O) groups excluding carboxylic acids is 1. The van der Waals surface area contributed by atoms with Crippen LogP contribution in [0.2, 0.25) is 0 Å². The first-order valence-corrected chi connectivity index (χ1v) is 6.39. The fraction of sp³-hybridized carbons (Fsp3) is 0.267. The molecule has 20 heavy (non-hydrogen) atoms. The van der Waals surface area contributed by atoms with Gasteiger partial charge < -0.3 is 20.5 Å². The molecule has 1 heterocycles. The maximum absolute atomic E-state index is 12.2. The zero-order valence-electron chi connectivity index (χ0n) is 12.3. The number of nitrogens with zero attached hydrogens (tertiary/aromatic N) is 2. The van der Waals surface area contributed by atoms with Gasteiger partial charge in [-0.25, -0.2) is 0 Å². The normalized spacial score (nSPS) is 10.4. The molecule has 1 aromatic carbocycles. The van der Waals surface area contributed by atoms with Crippen LogP contribution in [0.15, 0.2) is 30.5 Å². The zero-order chi connectivity index (χ0) is 14.9. The molecule has 106 valence electrons.